The minimum Gasteiger partial charge on any atom is -0.493 e. The molecular formula is C24H23N3O5S. The van der Waals surface area contributed by atoms with Crippen LogP contribution in [0.3, 0.4) is 0 Å². The van der Waals surface area contributed by atoms with Crippen molar-refractivity contribution < 1.29 is 23.8 Å². The normalized spacial score (nSPS) is 10.0. The van der Waals surface area contributed by atoms with Gasteiger partial charge in [-0.25, -0.2) is 0 Å². The summed E-state index contributed by atoms with van der Waals surface area (Å²) in [5, 5.41) is 8.40. The van der Waals surface area contributed by atoms with Crippen LogP contribution in [0.15, 0.2) is 66.7 Å². The lowest BCUT2D eigenvalue weighted by molar-refractivity contribution is 0.0975. The van der Waals surface area contributed by atoms with Gasteiger partial charge in [0.25, 0.3) is 11.8 Å². The summed E-state index contributed by atoms with van der Waals surface area (Å²) in [6.07, 6.45) is 0. The quantitative estimate of drug-likeness (QED) is 0.452. The van der Waals surface area contributed by atoms with Crippen LogP contribution in [0, 0.1) is 0 Å². The maximum atomic E-state index is 12.7. The second-order valence-electron chi connectivity index (χ2n) is 6.72. The lowest BCUT2D eigenvalue weighted by Crippen LogP contribution is -2.34. The van der Waals surface area contributed by atoms with Crippen molar-refractivity contribution in [1.29, 1.82) is 0 Å². The van der Waals surface area contributed by atoms with Crippen molar-refractivity contribution in [3.63, 3.8) is 0 Å². The Kier molecular flexibility index (Phi) is 7.82. The number of para-hydroxylation sites is 1. The standard InChI is InChI=1S/C24H23N3O5S/c1-30-19-13-16(14-20(31-2)21(19)32-3)23(29)27-24(33)26-18-11-7-8-15(12-18)22(28)25-17-9-5-4-6-10-17/h4-14H,1-3H3,(H,25,28)(H2,26,27,29,33). The number of anilines is 2. The van der Waals surface area contributed by atoms with Gasteiger partial charge in [0.1, 0.15) is 0 Å². The first-order valence-corrected chi connectivity index (χ1v) is 10.2. The van der Waals surface area contributed by atoms with E-state index in [-0.39, 0.29) is 16.6 Å². The topological polar surface area (TPSA) is 97.9 Å². The van der Waals surface area contributed by atoms with E-state index >= 15 is 0 Å². The second-order valence-corrected chi connectivity index (χ2v) is 7.13. The molecule has 3 aromatic rings. The Bertz CT molecular complexity index is 1140. The fourth-order valence-corrected chi connectivity index (χ4v) is 3.22. The van der Waals surface area contributed by atoms with E-state index < -0.39 is 5.91 Å². The molecule has 0 atom stereocenters. The molecule has 0 bridgehead atoms. The lowest BCUT2D eigenvalue weighted by Gasteiger charge is -2.15. The second kappa shape index (κ2) is 11.0. The number of ether oxygens (including phenoxy) is 3. The van der Waals surface area contributed by atoms with Gasteiger partial charge in [0.2, 0.25) is 5.75 Å². The molecule has 0 aromatic heterocycles. The molecule has 0 saturated heterocycles. The van der Waals surface area contributed by atoms with Crippen molar-refractivity contribution in [3.8, 4) is 17.2 Å². The predicted octanol–water partition coefficient (Wildman–Crippen LogP) is 4.09. The molecule has 33 heavy (non-hydrogen) atoms. The van der Waals surface area contributed by atoms with Crippen LogP contribution < -0.4 is 30.2 Å². The first-order chi connectivity index (χ1) is 15.9. The van der Waals surface area contributed by atoms with Crippen LogP contribution in [0.5, 0.6) is 17.2 Å². The molecule has 9 heteroatoms. The number of rotatable bonds is 7. The van der Waals surface area contributed by atoms with Crippen LogP contribution in [0.25, 0.3) is 0 Å². The number of nitrogens with one attached hydrogen (secondary N) is 3. The first kappa shape index (κ1) is 23.6. The number of hydrogen-bond acceptors (Lipinski definition) is 6. The molecule has 3 rings (SSSR count). The van der Waals surface area contributed by atoms with Gasteiger partial charge in [0.05, 0.1) is 21.3 Å². The Morgan fingerprint density at radius 3 is 1.94 bits per heavy atom. The van der Waals surface area contributed by atoms with Crippen LogP contribution in [0.2, 0.25) is 0 Å². The van der Waals surface area contributed by atoms with Crippen molar-refractivity contribution >= 4 is 40.5 Å². The molecule has 0 aliphatic carbocycles. The number of methoxy groups -OCH3 is 3. The van der Waals surface area contributed by atoms with E-state index in [1.54, 1.807) is 36.4 Å². The van der Waals surface area contributed by atoms with E-state index in [1.165, 1.54) is 33.5 Å². The largest absolute Gasteiger partial charge is 0.493 e. The van der Waals surface area contributed by atoms with Gasteiger partial charge in [-0.15, -0.1) is 0 Å². The average Bonchev–Trinajstić information content (AvgIpc) is 2.83. The highest BCUT2D eigenvalue weighted by atomic mass is 32.1. The molecule has 3 N–H and O–H groups in total. The summed E-state index contributed by atoms with van der Waals surface area (Å²) in [5.41, 5.74) is 1.94. The van der Waals surface area contributed by atoms with E-state index in [1.807, 2.05) is 18.2 Å². The van der Waals surface area contributed by atoms with Crippen molar-refractivity contribution in [2.24, 2.45) is 0 Å². The number of carbonyl (C=O) groups is 2. The molecule has 0 heterocycles. The van der Waals surface area contributed by atoms with Crippen LogP contribution in [0.4, 0.5) is 11.4 Å². The first-order valence-electron chi connectivity index (χ1n) is 9.84. The maximum Gasteiger partial charge on any atom is 0.257 e. The van der Waals surface area contributed by atoms with E-state index in [2.05, 4.69) is 16.0 Å². The highest BCUT2D eigenvalue weighted by Gasteiger charge is 2.18. The molecule has 0 radical (unpaired) electrons. The Balaban J connectivity index is 1.68. The highest BCUT2D eigenvalue weighted by Crippen LogP contribution is 2.38. The van der Waals surface area contributed by atoms with Crippen molar-refractivity contribution in [2.75, 3.05) is 32.0 Å². The van der Waals surface area contributed by atoms with Gasteiger partial charge in [0.15, 0.2) is 16.6 Å². The Morgan fingerprint density at radius 1 is 0.697 bits per heavy atom. The minimum absolute atomic E-state index is 0.0642. The van der Waals surface area contributed by atoms with E-state index in [0.29, 0.717) is 34.2 Å². The highest BCUT2D eigenvalue weighted by molar-refractivity contribution is 7.80. The minimum atomic E-state index is -0.468. The molecule has 0 spiro atoms. The van der Waals surface area contributed by atoms with Gasteiger partial charge in [-0.05, 0) is 54.7 Å². The van der Waals surface area contributed by atoms with Crippen LogP contribution in [-0.2, 0) is 0 Å². The Labute approximate surface area is 196 Å². The molecule has 0 fully saturated rings. The molecule has 3 aromatic carbocycles. The number of amides is 2. The summed E-state index contributed by atoms with van der Waals surface area (Å²) in [4.78, 5) is 25.2. The number of thiocarbonyl (C=S) groups is 1. The van der Waals surface area contributed by atoms with Crippen LogP contribution in [0.1, 0.15) is 20.7 Å². The molecular weight excluding hydrogens is 442 g/mol. The lowest BCUT2D eigenvalue weighted by atomic mass is 10.1. The molecule has 8 nitrogen and oxygen atoms in total. The molecule has 170 valence electrons. The third-order valence-corrected chi connectivity index (χ3v) is 4.77. The van der Waals surface area contributed by atoms with Gasteiger partial charge >= 0.3 is 0 Å². The summed E-state index contributed by atoms with van der Waals surface area (Å²) in [6, 6.07) is 18.9. The van der Waals surface area contributed by atoms with Gasteiger partial charge < -0.3 is 24.8 Å². The van der Waals surface area contributed by atoms with Gasteiger partial charge in [-0.2, -0.15) is 0 Å². The summed E-state index contributed by atoms with van der Waals surface area (Å²) >= 11 is 5.27. The van der Waals surface area contributed by atoms with Gasteiger partial charge in [-0.1, -0.05) is 24.3 Å². The molecule has 2 amide bonds. The average molecular weight is 466 g/mol. The van der Waals surface area contributed by atoms with E-state index in [0.717, 1.165) is 0 Å². The zero-order valence-corrected chi connectivity index (χ0v) is 19.1. The van der Waals surface area contributed by atoms with Gasteiger partial charge in [-0.3, -0.25) is 14.9 Å². The number of benzene rings is 3. The zero-order chi connectivity index (χ0) is 23.8. The SMILES string of the molecule is COc1cc(C(=O)NC(=S)Nc2cccc(C(=O)Nc3ccccc3)c2)cc(OC)c1OC. The zero-order valence-electron chi connectivity index (χ0n) is 18.3. The summed E-state index contributed by atoms with van der Waals surface area (Å²) in [6.45, 7) is 0. The summed E-state index contributed by atoms with van der Waals surface area (Å²) in [7, 11) is 4.41. The summed E-state index contributed by atoms with van der Waals surface area (Å²) < 4.78 is 15.8. The monoisotopic (exact) mass is 465 g/mol. The molecule has 0 aliphatic rings. The van der Waals surface area contributed by atoms with Gasteiger partial charge in [0, 0.05) is 22.5 Å². The van der Waals surface area contributed by atoms with Crippen LogP contribution in [-0.4, -0.2) is 38.3 Å². The Morgan fingerprint density at radius 2 is 1.33 bits per heavy atom. The molecule has 0 unspecified atom stereocenters. The number of carbonyl (C=O) groups excluding carboxylic acids is 2. The maximum absolute atomic E-state index is 12.7. The fraction of sp³-hybridized carbons (Fsp3) is 0.125. The summed E-state index contributed by atoms with van der Waals surface area (Å²) in [5.74, 6) is 0.334. The predicted molar refractivity (Wildman–Crippen MR) is 131 cm³/mol. The molecule has 0 saturated carbocycles. The van der Waals surface area contributed by atoms with E-state index in [4.69, 9.17) is 26.4 Å². The van der Waals surface area contributed by atoms with Crippen molar-refractivity contribution in [2.45, 2.75) is 0 Å². The third-order valence-electron chi connectivity index (χ3n) is 4.57. The Hall–Kier alpha value is -4.11. The van der Waals surface area contributed by atoms with Crippen LogP contribution >= 0.6 is 12.2 Å². The third kappa shape index (κ3) is 5.98. The number of hydrogen-bond donors (Lipinski definition) is 3. The van der Waals surface area contributed by atoms with E-state index in [9.17, 15) is 9.59 Å². The van der Waals surface area contributed by atoms with Crippen molar-refractivity contribution in [1.82, 2.24) is 5.32 Å². The smallest absolute Gasteiger partial charge is 0.257 e. The molecule has 0 aliphatic heterocycles. The fourth-order valence-electron chi connectivity index (χ4n) is 3.01. The van der Waals surface area contributed by atoms with Crippen molar-refractivity contribution in [3.05, 3.63) is 77.9 Å².